The zero-order valence-corrected chi connectivity index (χ0v) is 15.4. The molecule has 1 saturated heterocycles. The first-order valence-corrected chi connectivity index (χ1v) is 10.1. The maximum absolute atomic E-state index is 12.7. The molecular weight excluding hydrogens is 379 g/mol. The van der Waals surface area contributed by atoms with E-state index >= 15 is 0 Å². The Morgan fingerprint density at radius 3 is 2.33 bits per heavy atom. The number of nitrogens with one attached hydrogen (secondary N) is 1. The number of sulfonamides is 1. The topological polar surface area (TPSA) is 62.3 Å². The number of rotatable bonds is 5. The van der Waals surface area contributed by atoms with Crippen molar-refractivity contribution in [2.45, 2.75) is 36.9 Å². The highest BCUT2D eigenvalue weighted by atomic mass is 32.2. The summed E-state index contributed by atoms with van der Waals surface area (Å²) in [6, 6.07) is 8.20. The molecule has 0 saturated carbocycles. The Labute approximate surface area is 156 Å². The smallest absolute Gasteiger partial charge is 0.366 e. The van der Waals surface area contributed by atoms with Gasteiger partial charge in [0.25, 0.3) is 0 Å². The van der Waals surface area contributed by atoms with E-state index in [1.165, 1.54) is 16.4 Å². The first kappa shape index (κ1) is 19.6. The Morgan fingerprint density at radius 1 is 1.04 bits per heavy atom. The molecule has 1 fully saturated rings. The summed E-state index contributed by atoms with van der Waals surface area (Å²) in [5.41, 5.74) is -0.0326. The van der Waals surface area contributed by atoms with Crippen molar-refractivity contribution >= 4 is 15.8 Å². The molecule has 1 aliphatic heterocycles. The number of aromatic nitrogens is 1. The van der Waals surface area contributed by atoms with Crippen LogP contribution in [-0.4, -0.2) is 30.8 Å². The van der Waals surface area contributed by atoms with Gasteiger partial charge in [0.05, 0.1) is 10.5 Å². The van der Waals surface area contributed by atoms with Crippen molar-refractivity contribution in [3.63, 3.8) is 0 Å². The first-order chi connectivity index (χ1) is 12.8. The summed E-state index contributed by atoms with van der Waals surface area (Å²) < 4.78 is 64.9. The summed E-state index contributed by atoms with van der Waals surface area (Å²) >= 11 is 0. The van der Waals surface area contributed by atoms with Crippen molar-refractivity contribution in [2.24, 2.45) is 0 Å². The zero-order valence-electron chi connectivity index (χ0n) is 14.5. The molecule has 0 amide bonds. The predicted octanol–water partition coefficient (Wildman–Crippen LogP) is 3.89. The second kappa shape index (κ2) is 7.85. The van der Waals surface area contributed by atoms with Crippen LogP contribution in [0.5, 0.6) is 0 Å². The molecule has 0 bridgehead atoms. The SMILES string of the molecule is O=S(=O)(c1ccc(CNc2cc(C(F)(F)F)ccn2)cc1)N1CCCCC1. The molecule has 0 aliphatic carbocycles. The molecule has 0 spiro atoms. The lowest BCUT2D eigenvalue weighted by Gasteiger charge is -2.25. The monoisotopic (exact) mass is 399 g/mol. The van der Waals surface area contributed by atoms with Crippen LogP contribution < -0.4 is 5.32 Å². The zero-order chi connectivity index (χ0) is 19.5. The van der Waals surface area contributed by atoms with Crippen LogP contribution in [0.1, 0.15) is 30.4 Å². The standard InChI is InChI=1S/C18H20F3N3O2S/c19-18(20,21)15-8-9-22-17(12-15)23-13-14-4-6-16(7-5-14)27(25,26)24-10-2-1-3-11-24/h4-9,12H,1-3,10-11,13H2,(H,22,23). The van der Waals surface area contributed by atoms with E-state index in [1.54, 1.807) is 12.1 Å². The highest BCUT2D eigenvalue weighted by molar-refractivity contribution is 7.89. The fourth-order valence-corrected chi connectivity index (χ4v) is 4.45. The minimum atomic E-state index is -4.43. The molecule has 1 aliphatic rings. The maximum Gasteiger partial charge on any atom is 0.416 e. The lowest BCUT2D eigenvalue weighted by molar-refractivity contribution is -0.137. The van der Waals surface area contributed by atoms with Crippen LogP contribution in [0.3, 0.4) is 0 Å². The van der Waals surface area contributed by atoms with Crippen molar-refractivity contribution in [3.8, 4) is 0 Å². The Bertz CT molecular complexity index is 877. The average Bonchev–Trinajstić information content (AvgIpc) is 2.67. The highest BCUT2D eigenvalue weighted by Crippen LogP contribution is 2.30. The average molecular weight is 399 g/mol. The van der Waals surface area contributed by atoms with Gasteiger partial charge in [0, 0.05) is 25.8 Å². The van der Waals surface area contributed by atoms with Gasteiger partial charge in [-0.25, -0.2) is 13.4 Å². The van der Waals surface area contributed by atoms with Gasteiger partial charge < -0.3 is 5.32 Å². The third-order valence-electron chi connectivity index (χ3n) is 4.44. The van der Waals surface area contributed by atoms with Crippen LogP contribution in [0.2, 0.25) is 0 Å². The van der Waals surface area contributed by atoms with E-state index in [4.69, 9.17) is 0 Å². The van der Waals surface area contributed by atoms with Crippen molar-refractivity contribution in [3.05, 3.63) is 53.7 Å². The fraction of sp³-hybridized carbons (Fsp3) is 0.389. The number of anilines is 1. The molecule has 27 heavy (non-hydrogen) atoms. The summed E-state index contributed by atoms with van der Waals surface area (Å²) in [5, 5.41) is 2.82. The van der Waals surface area contributed by atoms with Crippen molar-refractivity contribution in [2.75, 3.05) is 18.4 Å². The van der Waals surface area contributed by atoms with Gasteiger partial charge in [-0.1, -0.05) is 18.6 Å². The van der Waals surface area contributed by atoms with E-state index < -0.39 is 21.8 Å². The fourth-order valence-electron chi connectivity index (χ4n) is 2.93. The minimum absolute atomic E-state index is 0.106. The largest absolute Gasteiger partial charge is 0.416 e. The van der Waals surface area contributed by atoms with Crippen molar-refractivity contribution < 1.29 is 21.6 Å². The quantitative estimate of drug-likeness (QED) is 0.829. The summed E-state index contributed by atoms with van der Waals surface area (Å²) in [6.07, 6.45) is -0.556. The number of hydrogen-bond donors (Lipinski definition) is 1. The van der Waals surface area contributed by atoms with E-state index in [-0.39, 0.29) is 17.3 Å². The van der Waals surface area contributed by atoms with E-state index in [0.29, 0.717) is 13.1 Å². The molecule has 1 aromatic heterocycles. The van der Waals surface area contributed by atoms with Gasteiger partial charge in [-0.3, -0.25) is 0 Å². The second-order valence-corrected chi connectivity index (χ2v) is 8.33. The third kappa shape index (κ3) is 4.78. The number of piperidine rings is 1. The summed E-state index contributed by atoms with van der Waals surface area (Å²) in [6.45, 7) is 1.30. The van der Waals surface area contributed by atoms with Gasteiger partial charge in [0.2, 0.25) is 10.0 Å². The highest BCUT2D eigenvalue weighted by Gasteiger charge is 2.30. The maximum atomic E-state index is 12.7. The Balaban J connectivity index is 1.66. The Hall–Kier alpha value is -2.13. The molecule has 2 heterocycles. The lowest BCUT2D eigenvalue weighted by Crippen LogP contribution is -2.35. The molecule has 1 aromatic carbocycles. The first-order valence-electron chi connectivity index (χ1n) is 8.63. The molecule has 3 rings (SSSR count). The number of pyridine rings is 1. The molecule has 0 radical (unpaired) electrons. The number of benzene rings is 1. The van der Waals surface area contributed by atoms with Gasteiger partial charge >= 0.3 is 6.18 Å². The molecule has 5 nitrogen and oxygen atoms in total. The van der Waals surface area contributed by atoms with Gasteiger partial charge in [0.1, 0.15) is 5.82 Å². The minimum Gasteiger partial charge on any atom is -0.366 e. The summed E-state index contributed by atoms with van der Waals surface area (Å²) in [5.74, 6) is 0.106. The van der Waals surface area contributed by atoms with Crippen LogP contribution in [0.4, 0.5) is 19.0 Å². The number of alkyl halides is 3. The van der Waals surface area contributed by atoms with E-state index in [9.17, 15) is 21.6 Å². The number of hydrogen-bond acceptors (Lipinski definition) is 4. The molecular formula is C18H20F3N3O2S. The van der Waals surface area contributed by atoms with E-state index in [0.717, 1.165) is 43.2 Å². The summed E-state index contributed by atoms with van der Waals surface area (Å²) in [7, 11) is -3.49. The molecule has 1 N–H and O–H groups in total. The van der Waals surface area contributed by atoms with Crippen LogP contribution in [0.25, 0.3) is 0 Å². The van der Waals surface area contributed by atoms with Crippen LogP contribution in [0, 0.1) is 0 Å². The van der Waals surface area contributed by atoms with E-state index in [2.05, 4.69) is 10.3 Å². The van der Waals surface area contributed by atoms with E-state index in [1.807, 2.05) is 0 Å². The Morgan fingerprint density at radius 2 is 1.70 bits per heavy atom. The summed E-state index contributed by atoms with van der Waals surface area (Å²) in [4.78, 5) is 4.10. The predicted molar refractivity (Wildman–Crippen MR) is 95.6 cm³/mol. The lowest BCUT2D eigenvalue weighted by atomic mass is 10.2. The van der Waals surface area contributed by atoms with Gasteiger partial charge in [-0.15, -0.1) is 0 Å². The Kier molecular flexibility index (Phi) is 5.71. The molecule has 0 atom stereocenters. The second-order valence-electron chi connectivity index (χ2n) is 6.39. The molecule has 146 valence electrons. The van der Waals surface area contributed by atoms with Crippen LogP contribution in [0.15, 0.2) is 47.5 Å². The van der Waals surface area contributed by atoms with Crippen LogP contribution in [-0.2, 0) is 22.7 Å². The van der Waals surface area contributed by atoms with Gasteiger partial charge in [0.15, 0.2) is 0 Å². The van der Waals surface area contributed by atoms with Crippen molar-refractivity contribution in [1.82, 2.24) is 9.29 Å². The molecule has 0 unspecified atom stereocenters. The number of nitrogens with zero attached hydrogens (tertiary/aromatic N) is 2. The third-order valence-corrected chi connectivity index (χ3v) is 6.35. The normalized spacial score (nSPS) is 16.3. The van der Waals surface area contributed by atoms with Gasteiger partial charge in [-0.2, -0.15) is 17.5 Å². The molecule has 9 heteroatoms. The number of halogens is 3. The van der Waals surface area contributed by atoms with Crippen molar-refractivity contribution in [1.29, 1.82) is 0 Å². The molecule has 2 aromatic rings. The van der Waals surface area contributed by atoms with Gasteiger partial charge in [-0.05, 0) is 42.7 Å². The van der Waals surface area contributed by atoms with Crippen LogP contribution >= 0.6 is 0 Å².